The van der Waals surface area contributed by atoms with Crippen LogP contribution >= 0.6 is 0 Å². The third-order valence-electron chi connectivity index (χ3n) is 3.51. The van der Waals surface area contributed by atoms with Crippen molar-refractivity contribution in [3.05, 3.63) is 35.4 Å². The zero-order valence-corrected chi connectivity index (χ0v) is 10.3. The molecule has 2 rings (SSSR count). The van der Waals surface area contributed by atoms with Gasteiger partial charge >= 0.3 is 0 Å². The van der Waals surface area contributed by atoms with E-state index >= 15 is 0 Å². The summed E-state index contributed by atoms with van der Waals surface area (Å²) in [5.74, 6) is 0. The molecule has 0 aliphatic carbocycles. The minimum absolute atomic E-state index is 0.615. The Hall–Kier alpha value is -0.820. The van der Waals surface area contributed by atoms with Crippen molar-refractivity contribution in [2.75, 3.05) is 6.54 Å². The van der Waals surface area contributed by atoms with E-state index in [0.717, 1.165) is 0 Å². The number of unbranched alkanes of at least 4 members (excludes halogenated alkanes) is 2. The van der Waals surface area contributed by atoms with Gasteiger partial charge in [0, 0.05) is 6.04 Å². The first-order valence-corrected chi connectivity index (χ1v) is 6.72. The van der Waals surface area contributed by atoms with Crippen LogP contribution in [0, 0.1) is 0 Å². The molecule has 1 aromatic carbocycles. The number of aryl methyl sites for hydroxylation is 1. The van der Waals surface area contributed by atoms with Gasteiger partial charge in [0.2, 0.25) is 0 Å². The van der Waals surface area contributed by atoms with Crippen LogP contribution < -0.4 is 5.32 Å². The molecular weight excluding hydrogens is 194 g/mol. The SMILES string of the molecule is CCCCCc1ccc(C2CCCN2)cc1. The first-order chi connectivity index (χ1) is 7.90. The van der Waals surface area contributed by atoms with E-state index < -0.39 is 0 Å². The van der Waals surface area contributed by atoms with Crippen molar-refractivity contribution >= 4 is 0 Å². The zero-order chi connectivity index (χ0) is 11.2. The van der Waals surface area contributed by atoms with Gasteiger partial charge in [-0.25, -0.2) is 0 Å². The quantitative estimate of drug-likeness (QED) is 0.739. The Kier molecular flexibility index (Phi) is 4.41. The first kappa shape index (κ1) is 11.7. The summed E-state index contributed by atoms with van der Waals surface area (Å²) in [5, 5.41) is 3.54. The van der Waals surface area contributed by atoms with Crippen molar-refractivity contribution in [2.24, 2.45) is 0 Å². The summed E-state index contributed by atoms with van der Waals surface area (Å²) < 4.78 is 0. The van der Waals surface area contributed by atoms with Crippen LogP contribution in [-0.2, 0) is 6.42 Å². The second kappa shape index (κ2) is 6.05. The Bertz CT molecular complexity index is 296. The van der Waals surface area contributed by atoms with Gasteiger partial charge in [0.15, 0.2) is 0 Å². The number of hydrogen-bond donors (Lipinski definition) is 1. The molecule has 0 spiro atoms. The van der Waals surface area contributed by atoms with Crippen LogP contribution in [0.4, 0.5) is 0 Å². The lowest BCUT2D eigenvalue weighted by Crippen LogP contribution is -2.12. The number of rotatable bonds is 5. The summed E-state index contributed by atoms with van der Waals surface area (Å²) in [6, 6.07) is 9.86. The molecule has 1 heterocycles. The summed E-state index contributed by atoms with van der Waals surface area (Å²) in [7, 11) is 0. The van der Waals surface area contributed by atoms with E-state index in [1.165, 1.54) is 56.2 Å². The van der Waals surface area contributed by atoms with E-state index in [1.54, 1.807) is 0 Å². The lowest BCUT2D eigenvalue weighted by molar-refractivity contribution is 0.647. The molecule has 1 atom stereocenters. The molecule has 0 aromatic heterocycles. The normalized spacial score (nSPS) is 20.2. The van der Waals surface area contributed by atoms with Crippen molar-refractivity contribution < 1.29 is 0 Å². The molecule has 1 nitrogen and oxygen atoms in total. The van der Waals surface area contributed by atoms with E-state index in [9.17, 15) is 0 Å². The number of benzene rings is 1. The highest BCUT2D eigenvalue weighted by Crippen LogP contribution is 2.23. The van der Waals surface area contributed by atoms with E-state index in [4.69, 9.17) is 0 Å². The molecule has 1 aliphatic heterocycles. The third-order valence-corrected chi connectivity index (χ3v) is 3.51. The Labute approximate surface area is 99.3 Å². The molecule has 1 aliphatic rings. The van der Waals surface area contributed by atoms with Gasteiger partial charge in [-0.05, 0) is 43.4 Å². The lowest BCUT2D eigenvalue weighted by atomic mass is 10.0. The standard InChI is InChI=1S/C15H23N/c1-2-3-4-6-13-8-10-14(11-9-13)15-7-5-12-16-15/h8-11,15-16H,2-7,12H2,1H3. The highest BCUT2D eigenvalue weighted by atomic mass is 14.9. The Morgan fingerprint density at radius 1 is 1.19 bits per heavy atom. The van der Waals surface area contributed by atoms with Crippen LogP contribution in [0.3, 0.4) is 0 Å². The maximum atomic E-state index is 3.54. The fraction of sp³-hybridized carbons (Fsp3) is 0.600. The van der Waals surface area contributed by atoms with Gasteiger partial charge in [0.25, 0.3) is 0 Å². The molecule has 0 saturated carbocycles. The molecule has 1 unspecified atom stereocenters. The van der Waals surface area contributed by atoms with Gasteiger partial charge in [-0.15, -0.1) is 0 Å². The fourth-order valence-electron chi connectivity index (χ4n) is 2.46. The fourth-order valence-corrected chi connectivity index (χ4v) is 2.46. The van der Waals surface area contributed by atoms with Crippen LogP contribution in [0.15, 0.2) is 24.3 Å². The maximum Gasteiger partial charge on any atom is 0.0320 e. The van der Waals surface area contributed by atoms with E-state index in [1.807, 2.05) is 0 Å². The van der Waals surface area contributed by atoms with Crippen LogP contribution in [0.5, 0.6) is 0 Å². The first-order valence-electron chi connectivity index (χ1n) is 6.72. The summed E-state index contributed by atoms with van der Waals surface area (Å²) in [6.07, 6.45) is 7.86. The monoisotopic (exact) mass is 217 g/mol. The van der Waals surface area contributed by atoms with Gasteiger partial charge in [0.05, 0.1) is 0 Å². The van der Waals surface area contributed by atoms with Crippen LogP contribution in [0.1, 0.15) is 56.2 Å². The van der Waals surface area contributed by atoms with Crippen LogP contribution in [0.25, 0.3) is 0 Å². The molecule has 1 aromatic rings. The van der Waals surface area contributed by atoms with Crippen molar-refractivity contribution in [2.45, 2.75) is 51.5 Å². The van der Waals surface area contributed by atoms with Crippen LogP contribution in [-0.4, -0.2) is 6.54 Å². The van der Waals surface area contributed by atoms with Crippen LogP contribution in [0.2, 0.25) is 0 Å². The minimum Gasteiger partial charge on any atom is -0.310 e. The average Bonchev–Trinajstić information content (AvgIpc) is 2.84. The average molecular weight is 217 g/mol. The molecule has 88 valence electrons. The van der Waals surface area contributed by atoms with Gasteiger partial charge in [-0.1, -0.05) is 44.0 Å². The van der Waals surface area contributed by atoms with E-state index in [2.05, 4.69) is 36.5 Å². The third kappa shape index (κ3) is 3.08. The lowest BCUT2D eigenvalue weighted by Gasteiger charge is -2.11. The second-order valence-corrected chi connectivity index (χ2v) is 4.85. The van der Waals surface area contributed by atoms with Gasteiger partial charge < -0.3 is 5.32 Å². The largest absolute Gasteiger partial charge is 0.310 e. The molecule has 0 amide bonds. The molecule has 0 radical (unpaired) electrons. The second-order valence-electron chi connectivity index (χ2n) is 4.85. The molecule has 1 heteroatoms. The molecule has 1 fully saturated rings. The van der Waals surface area contributed by atoms with E-state index in [-0.39, 0.29) is 0 Å². The van der Waals surface area contributed by atoms with Crippen molar-refractivity contribution in [3.63, 3.8) is 0 Å². The zero-order valence-electron chi connectivity index (χ0n) is 10.3. The summed E-state index contributed by atoms with van der Waals surface area (Å²) in [5.41, 5.74) is 2.96. The Balaban J connectivity index is 1.88. The smallest absolute Gasteiger partial charge is 0.0320 e. The summed E-state index contributed by atoms with van der Waals surface area (Å²) in [4.78, 5) is 0. The predicted molar refractivity (Wildman–Crippen MR) is 69.6 cm³/mol. The molecule has 1 N–H and O–H groups in total. The van der Waals surface area contributed by atoms with Gasteiger partial charge in [-0.2, -0.15) is 0 Å². The van der Waals surface area contributed by atoms with E-state index in [0.29, 0.717) is 6.04 Å². The predicted octanol–water partition coefficient (Wildman–Crippen LogP) is 3.84. The Morgan fingerprint density at radius 2 is 2.00 bits per heavy atom. The number of hydrogen-bond acceptors (Lipinski definition) is 1. The maximum absolute atomic E-state index is 3.54. The molecular formula is C15H23N. The van der Waals surface area contributed by atoms with Gasteiger partial charge in [-0.3, -0.25) is 0 Å². The minimum atomic E-state index is 0.615. The topological polar surface area (TPSA) is 12.0 Å². The molecule has 1 saturated heterocycles. The van der Waals surface area contributed by atoms with Crippen molar-refractivity contribution in [1.82, 2.24) is 5.32 Å². The van der Waals surface area contributed by atoms with Crippen molar-refractivity contribution in [3.8, 4) is 0 Å². The summed E-state index contributed by atoms with van der Waals surface area (Å²) >= 11 is 0. The van der Waals surface area contributed by atoms with Crippen molar-refractivity contribution in [1.29, 1.82) is 0 Å². The molecule has 16 heavy (non-hydrogen) atoms. The Morgan fingerprint density at radius 3 is 2.62 bits per heavy atom. The number of nitrogens with one attached hydrogen (secondary N) is 1. The highest BCUT2D eigenvalue weighted by Gasteiger charge is 2.15. The summed E-state index contributed by atoms with van der Waals surface area (Å²) in [6.45, 7) is 3.44. The highest BCUT2D eigenvalue weighted by molar-refractivity contribution is 5.25. The van der Waals surface area contributed by atoms with Gasteiger partial charge in [0.1, 0.15) is 0 Å². The molecule has 0 bridgehead atoms.